The van der Waals surface area contributed by atoms with Crippen LogP contribution in [-0.4, -0.2) is 11.3 Å². The molecule has 3 nitrogen and oxygen atoms in total. The van der Waals surface area contributed by atoms with Crippen molar-refractivity contribution in [3.63, 3.8) is 0 Å². The smallest absolute Gasteiger partial charge is 0.165 e. The second-order valence-electron chi connectivity index (χ2n) is 11.1. The standard InChI is InChI=1S/C33H42FN3/c1-8-33(22(2)3,16-14-27-10-9-11-27)29-13-12-28(18-24(29)5)23(4)19-31-25(6)26(7)37(21-36-31)32-15-17-35-20-30(32)34/h12-13,15,17-21,23,27H,2,8-11,14,16H2,1,3-7H3/b31-19+. The zero-order chi connectivity index (χ0) is 26.7. The molecule has 0 radical (unpaired) electrons. The summed E-state index contributed by atoms with van der Waals surface area (Å²) in [7, 11) is 0. The minimum Gasteiger partial charge on any atom is -0.302 e. The van der Waals surface area contributed by atoms with Crippen LogP contribution < -0.4 is 4.90 Å². The van der Waals surface area contributed by atoms with Crippen LogP contribution in [0.5, 0.6) is 0 Å². The van der Waals surface area contributed by atoms with Gasteiger partial charge >= 0.3 is 0 Å². The monoisotopic (exact) mass is 499 g/mol. The van der Waals surface area contributed by atoms with Crippen molar-refractivity contribution in [2.45, 2.75) is 91.4 Å². The van der Waals surface area contributed by atoms with E-state index < -0.39 is 0 Å². The maximum Gasteiger partial charge on any atom is 0.165 e. The normalized spacial score (nSPS) is 19.6. The molecule has 0 N–H and O–H groups in total. The van der Waals surface area contributed by atoms with Gasteiger partial charge < -0.3 is 4.90 Å². The van der Waals surface area contributed by atoms with Gasteiger partial charge in [-0.25, -0.2) is 9.38 Å². The molecular formula is C33H42FN3. The molecule has 2 aromatic rings. The maximum absolute atomic E-state index is 14.3. The number of rotatable bonds is 9. The summed E-state index contributed by atoms with van der Waals surface area (Å²) in [5.41, 5.74) is 8.79. The SMILES string of the molecule is C=C(C)C(CC)(CCC1CCC1)c1ccc(C(C)/C=C2/N=CN(c3ccncc3F)C(C)=C2C)cc1C. The highest BCUT2D eigenvalue weighted by molar-refractivity contribution is 5.86. The lowest BCUT2D eigenvalue weighted by Crippen LogP contribution is -2.29. The molecule has 0 saturated heterocycles. The molecule has 1 fully saturated rings. The predicted octanol–water partition coefficient (Wildman–Crippen LogP) is 9.16. The van der Waals surface area contributed by atoms with Crippen molar-refractivity contribution in [3.8, 4) is 0 Å². The number of halogens is 1. The van der Waals surface area contributed by atoms with Crippen LogP contribution in [0.4, 0.5) is 10.1 Å². The molecule has 2 unspecified atom stereocenters. The molecule has 196 valence electrons. The van der Waals surface area contributed by atoms with Crippen LogP contribution >= 0.6 is 0 Å². The fourth-order valence-corrected chi connectivity index (χ4v) is 5.96. The number of allylic oxidation sites excluding steroid dienone is 4. The molecule has 4 heteroatoms. The molecule has 2 heterocycles. The lowest BCUT2D eigenvalue weighted by Gasteiger charge is -2.38. The molecular weight excluding hydrogens is 457 g/mol. The number of nitrogens with zero attached hydrogens (tertiary/aromatic N) is 3. The maximum atomic E-state index is 14.3. The quantitative estimate of drug-likeness (QED) is 0.322. The molecule has 0 bridgehead atoms. The number of anilines is 1. The van der Waals surface area contributed by atoms with Crippen molar-refractivity contribution >= 4 is 12.0 Å². The molecule has 0 spiro atoms. The van der Waals surface area contributed by atoms with Gasteiger partial charge in [0, 0.05) is 23.2 Å². The van der Waals surface area contributed by atoms with Gasteiger partial charge in [-0.2, -0.15) is 0 Å². The predicted molar refractivity (Wildman–Crippen MR) is 155 cm³/mol. The number of aryl methyl sites for hydroxylation is 1. The van der Waals surface area contributed by atoms with Crippen LogP contribution in [0, 0.1) is 18.7 Å². The molecule has 37 heavy (non-hydrogen) atoms. The third-order valence-electron chi connectivity index (χ3n) is 8.94. The number of pyridine rings is 1. The van der Waals surface area contributed by atoms with E-state index in [9.17, 15) is 4.39 Å². The molecule has 1 aromatic carbocycles. The highest BCUT2D eigenvalue weighted by atomic mass is 19.1. The van der Waals surface area contributed by atoms with Crippen LogP contribution in [0.25, 0.3) is 0 Å². The molecule has 0 amide bonds. The van der Waals surface area contributed by atoms with Gasteiger partial charge in [0.25, 0.3) is 0 Å². The Morgan fingerprint density at radius 1 is 1.24 bits per heavy atom. The average Bonchev–Trinajstić information content (AvgIpc) is 2.84. The van der Waals surface area contributed by atoms with Gasteiger partial charge in [-0.05, 0) is 81.2 Å². The minimum atomic E-state index is -0.358. The van der Waals surface area contributed by atoms with E-state index in [-0.39, 0.29) is 17.2 Å². The van der Waals surface area contributed by atoms with Crippen LogP contribution in [0.15, 0.2) is 76.8 Å². The van der Waals surface area contributed by atoms with Gasteiger partial charge in [-0.1, -0.05) is 69.5 Å². The Balaban J connectivity index is 1.58. The van der Waals surface area contributed by atoms with Gasteiger partial charge in [0.1, 0.15) is 6.34 Å². The molecule has 1 aromatic heterocycles. The fraction of sp³-hybridized carbons (Fsp3) is 0.455. The first-order valence-corrected chi connectivity index (χ1v) is 13.8. The number of aromatic nitrogens is 1. The van der Waals surface area contributed by atoms with Gasteiger partial charge in [0.2, 0.25) is 0 Å². The van der Waals surface area contributed by atoms with E-state index in [0.717, 1.165) is 29.3 Å². The van der Waals surface area contributed by atoms with E-state index in [1.807, 2.05) is 6.92 Å². The summed E-state index contributed by atoms with van der Waals surface area (Å²) in [5.74, 6) is 0.740. The molecule has 4 rings (SSSR count). The number of aliphatic imine (C=N–C) groups is 1. The molecule has 2 atom stereocenters. The Morgan fingerprint density at radius 3 is 2.59 bits per heavy atom. The van der Waals surface area contributed by atoms with Crippen molar-refractivity contribution in [2.75, 3.05) is 4.90 Å². The van der Waals surface area contributed by atoms with Crippen LogP contribution in [0.1, 0.15) is 95.8 Å². The highest BCUT2D eigenvalue weighted by Gasteiger charge is 2.34. The van der Waals surface area contributed by atoms with Gasteiger partial charge in [0.15, 0.2) is 5.82 Å². The number of hydrogen-bond acceptors (Lipinski definition) is 3. The summed E-state index contributed by atoms with van der Waals surface area (Å²) in [6.45, 7) is 17.5. The summed E-state index contributed by atoms with van der Waals surface area (Å²) in [4.78, 5) is 10.4. The van der Waals surface area contributed by atoms with Crippen LogP contribution in [0.3, 0.4) is 0 Å². The first kappa shape index (κ1) is 27.0. The van der Waals surface area contributed by atoms with E-state index in [0.29, 0.717) is 5.69 Å². The van der Waals surface area contributed by atoms with E-state index in [1.54, 1.807) is 23.5 Å². The third kappa shape index (κ3) is 5.35. The third-order valence-corrected chi connectivity index (χ3v) is 8.94. The first-order chi connectivity index (χ1) is 17.7. The van der Waals surface area contributed by atoms with E-state index in [2.05, 4.69) is 70.5 Å². The van der Waals surface area contributed by atoms with Gasteiger partial charge in [-0.3, -0.25) is 4.98 Å². The van der Waals surface area contributed by atoms with Crippen LogP contribution in [-0.2, 0) is 5.41 Å². The summed E-state index contributed by atoms with van der Waals surface area (Å²) in [6, 6.07) is 8.67. The summed E-state index contributed by atoms with van der Waals surface area (Å²) in [5, 5.41) is 0. The second-order valence-corrected chi connectivity index (χ2v) is 11.1. The topological polar surface area (TPSA) is 28.5 Å². The van der Waals surface area contributed by atoms with Crippen molar-refractivity contribution in [1.29, 1.82) is 0 Å². The van der Waals surface area contributed by atoms with Gasteiger partial charge in [-0.15, -0.1) is 0 Å². The molecule has 1 aliphatic carbocycles. The summed E-state index contributed by atoms with van der Waals surface area (Å²) < 4.78 is 14.3. The van der Waals surface area contributed by atoms with Gasteiger partial charge in [0.05, 0.1) is 17.6 Å². The lowest BCUT2D eigenvalue weighted by molar-refractivity contribution is 0.262. The van der Waals surface area contributed by atoms with E-state index in [4.69, 9.17) is 4.99 Å². The molecule has 1 saturated carbocycles. The first-order valence-electron chi connectivity index (χ1n) is 13.8. The fourth-order valence-electron chi connectivity index (χ4n) is 5.96. The Kier molecular flexibility index (Phi) is 8.16. The molecule has 2 aliphatic rings. The number of benzene rings is 1. The van der Waals surface area contributed by atoms with Crippen molar-refractivity contribution in [3.05, 3.63) is 94.4 Å². The van der Waals surface area contributed by atoms with E-state index in [1.165, 1.54) is 60.6 Å². The molecule has 1 aliphatic heterocycles. The minimum absolute atomic E-state index is 0.0513. The van der Waals surface area contributed by atoms with Crippen LogP contribution in [0.2, 0.25) is 0 Å². The highest BCUT2D eigenvalue weighted by Crippen LogP contribution is 2.44. The average molecular weight is 500 g/mol. The Labute approximate surface area is 222 Å². The van der Waals surface area contributed by atoms with Crippen molar-refractivity contribution < 1.29 is 4.39 Å². The lowest BCUT2D eigenvalue weighted by atomic mass is 9.66. The largest absolute Gasteiger partial charge is 0.302 e. The Bertz CT molecular complexity index is 1250. The van der Waals surface area contributed by atoms with Crippen molar-refractivity contribution in [1.82, 2.24) is 4.98 Å². The van der Waals surface area contributed by atoms with E-state index >= 15 is 0 Å². The second kappa shape index (κ2) is 11.2. The van der Waals surface area contributed by atoms with Crippen molar-refractivity contribution in [2.24, 2.45) is 10.9 Å². The summed E-state index contributed by atoms with van der Waals surface area (Å²) in [6.07, 6.45) is 14.5. The zero-order valence-electron chi connectivity index (χ0n) is 23.4. The number of hydrogen-bond donors (Lipinski definition) is 0. The zero-order valence-corrected chi connectivity index (χ0v) is 23.4. The Morgan fingerprint density at radius 2 is 2.00 bits per heavy atom. The summed E-state index contributed by atoms with van der Waals surface area (Å²) >= 11 is 0. The Hall–Kier alpha value is -3.01.